The van der Waals surface area contributed by atoms with E-state index in [1.165, 1.54) is 0 Å². The predicted octanol–water partition coefficient (Wildman–Crippen LogP) is 4.03. The lowest BCUT2D eigenvalue weighted by molar-refractivity contribution is 0.279. The number of fused-ring (bicyclic) bond motifs is 2. The first-order valence-electron chi connectivity index (χ1n) is 7.39. The Morgan fingerprint density at radius 1 is 0.619 bits per heavy atom. The van der Waals surface area contributed by atoms with Gasteiger partial charge in [0.15, 0.2) is 0 Å². The summed E-state index contributed by atoms with van der Waals surface area (Å²) >= 11 is 0. The highest BCUT2D eigenvalue weighted by Crippen LogP contribution is 2.20. The lowest BCUT2D eigenvalue weighted by atomic mass is 10.1. The largest absolute Gasteiger partial charge is 0.492 e. The number of benzene rings is 2. The molecule has 2 aromatic rings. The summed E-state index contributed by atoms with van der Waals surface area (Å²) in [6.07, 6.45) is 3.17. The van der Waals surface area contributed by atoms with E-state index in [-0.39, 0.29) is 0 Å². The van der Waals surface area contributed by atoms with Gasteiger partial charge in [-0.05, 0) is 43.5 Å². The van der Waals surface area contributed by atoms with E-state index in [0.717, 1.165) is 55.1 Å². The summed E-state index contributed by atoms with van der Waals surface area (Å²) in [5, 5.41) is 0. The quantitative estimate of drug-likeness (QED) is 0.677. The van der Waals surface area contributed by atoms with Gasteiger partial charge in [-0.2, -0.15) is 0 Å². The van der Waals surface area contributed by atoms with Gasteiger partial charge < -0.3 is 9.47 Å². The first kappa shape index (κ1) is 13.6. The van der Waals surface area contributed by atoms with Crippen molar-refractivity contribution in [1.29, 1.82) is 0 Å². The lowest BCUT2D eigenvalue weighted by Crippen LogP contribution is -2.01. The van der Waals surface area contributed by atoms with Gasteiger partial charge >= 0.3 is 0 Å². The molecule has 106 valence electrons. The van der Waals surface area contributed by atoms with Gasteiger partial charge in [0.05, 0.1) is 24.3 Å². The monoisotopic (exact) mass is 278 g/mol. The van der Waals surface area contributed by atoms with Crippen LogP contribution in [0.2, 0.25) is 0 Å². The third-order valence-electron chi connectivity index (χ3n) is 3.41. The van der Waals surface area contributed by atoms with Crippen molar-refractivity contribution in [3.8, 4) is 23.3 Å². The Bertz CT molecular complexity index is 609. The van der Waals surface area contributed by atoms with Crippen LogP contribution >= 0.6 is 0 Å². The van der Waals surface area contributed by atoms with Crippen LogP contribution in [0.3, 0.4) is 0 Å². The molecule has 0 N–H and O–H groups in total. The fourth-order valence-corrected chi connectivity index (χ4v) is 2.27. The highest BCUT2D eigenvalue weighted by molar-refractivity contribution is 5.53. The van der Waals surface area contributed by atoms with Crippen LogP contribution in [-0.4, -0.2) is 13.2 Å². The predicted molar refractivity (Wildman–Crippen MR) is 83.7 cm³/mol. The zero-order valence-electron chi connectivity index (χ0n) is 12.0. The Morgan fingerprint density at radius 3 is 1.62 bits per heavy atom. The second-order valence-electron chi connectivity index (χ2n) is 5.00. The molecule has 0 fully saturated rings. The van der Waals surface area contributed by atoms with Crippen LogP contribution in [-0.2, 0) is 0 Å². The van der Waals surface area contributed by atoms with E-state index < -0.39 is 0 Å². The highest BCUT2D eigenvalue weighted by Gasteiger charge is 2.04. The number of para-hydroxylation sites is 2. The van der Waals surface area contributed by atoms with E-state index in [1.807, 2.05) is 48.5 Å². The molecule has 0 radical (unpaired) electrons. The zero-order valence-corrected chi connectivity index (χ0v) is 12.0. The molecule has 0 aliphatic carbocycles. The van der Waals surface area contributed by atoms with Crippen molar-refractivity contribution in [3.05, 3.63) is 59.7 Å². The van der Waals surface area contributed by atoms with Crippen molar-refractivity contribution in [2.75, 3.05) is 13.2 Å². The minimum atomic E-state index is 0.728. The summed E-state index contributed by atoms with van der Waals surface area (Å²) in [4.78, 5) is 0. The number of hydrogen-bond donors (Lipinski definition) is 0. The van der Waals surface area contributed by atoms with Crippen LogP contribution in [0.25, 0.3) is 0 Å². The third-order valence-corrected chi connectivity index (χ3v) is 3.41. The average Bonchev–Trinajstić information content (AvgIpc) is 2.55. The van der Waals surface area contributed by atoms with Crippen molar-refractivity contribution in [2.45, 2.75) is 19.3 Å². The minimum absolute atomic E-state index is 0.728. The molecule has 0 atom stereocenters. The van der Waals surface area contributed by atoms with Crippen molar-refractivity contribution in [3.63, 3.8) is 0 Å². The first-order valence-corrected chi connectivity index (χ1v) is 7.39. The summed E-state index contributed by atoms with van der Waals surface area (Å²) < 4.78 is 11.7. The maximum atomic E-state index is 5.85. The molecule has 0 saturated heterocycles. The molecule has 0 spiro atoms. The molecule has 3 rings (SSSR count). The van der Waals surface area contributed by atoms with E-state index in [4.69, 9.17) is 9.47 Å². The summed E-state index contributed by atoms with van der Waals surface area (Å²) in [6.45, 7) is 1.46. The lowest BCUT2D eigenvalue weighted by Gasteiger charge is -2.08. The number of ether oxygens (including phenoxy) is 2. The molecule has 2 heteroatoms. The van der Waals surface area contributed by atoms with Crippen LogP contribution in [0, 0.1) is 11.8 Å². The summed E-state index contributed by atoms with van der Waals surface area (Å²) in [6, 6.07) is 15.9. The van der Waals surface area contributed by atoms with Crippen molar-refractivity contribution in [1.82, 2.24) is 0 Å². The molecule has 2 nitrogen and oxygen atoms in total. The van der Waals surface area contributed by atoms with Gasteiger partial charge in [-0.25, -0.2) is 0 Å². The number of rotatable bonds is 0. The first-order chi connectivity index (χ1) is 10.4. The van der Waals surface area contributed by atoms with E-state index >= 15 is 0 Å². The minimum Gasteiger partial charge on any atom is -0.492 e. The second-order valence-corrected chi connectivity index (χ2v) is 5.00. The molecule has 0 unspecified atom stereocenters. The Morgan fingerprint density at radius 2 is 1.10 bits per heavy atom. The van der Waals surface area contributed by atoms with Crippen molar-refractivity contribution < 1.29 is 9.47 Å². The molecule has 21 heavy (non-hydrogen) atoms. The molecular formula is C19H18O2. The summed E-state index contributed by atoms with van der Waals surface area (Å²) in [5.74, 6) is 8.13. The van der Waals surface area contributed by atoms with E-state index in [0.29, 0.717) is 0 Å². The van der Waals surface area contributed by atoms with E-state index in [9.17, 15) is 0 Å². The smallest absolute Gasteiger partial charge is 0.134 e. The Hall–Kier alpha value is -2.40. The van der Waals surface area contributed by atoms with E-state index in [2.05, 4.69) is 11.8 Å². The zero-order chi connectivity index (χ0) is 14.3. The molecule has 0 bridgehead atoms. The molecule has 0 aromatic heterocycles. The van der Waals surface area contributed by atoms with Crippen LogP contribution in [0.4, 0.5) is 0 Å². The Labute approximate surface area is 125 Å². The summed E-state index contributed by atoms with van der Waals surface area (Å²) in [5.41, 5.74) is 1.85. The Balaban J connectivity index is 1.97. The Kier molecular flexibility index (Phi) is 4.43. The van der Waals surface area contributed by atoms with Gasteiger partial charge in [0, 0.05) is 0 Å². The van der Waals surface area contributed by atoms with Gasteiger partial charge in [-0.1, -0.05) is 36.1 Å². The molecule has 0 saturated carbocycles. The molecule has 2 aromatic carbocycles. The maximum absolute atomic E-state index is 5.85. The number of hydrogen-bond acceptors (Lipinski definition) is 2. The second kappa shape index (κ2) is 6.85. The van der Waals surface area contributed by atoms with Crippen LogP contribution < -0.4 is 9.47 Å². The highest BCUT2D eigenvalue weighted by atomic mass is 16.5. The molecule has 1 aliphatic heterocycles. The van der Waals surface area contributed by atoms with Gasteiger partial charge in [0.1, 0.15) is 11.5 Å². The van der Waals surface area contributed by atoms with Gasteiger partial charge in [0.2, 0.25) is 0 Å². The topological polar surface area (TPSA) is 18.5 Å². The average molecular weight is 278 g/mol. The van der Waals surface area contributed by atoms with Crippen molar-refractivity contribution in [2.24, 2.45) is 0 Å². The fourth-order valence-electron chi connectivity index (χ4n) is 2.27. The van der Waals surface area contributed by atoms with Gasteiger partial charge in [0.25, 0.3) is 0 Å². The summed E-state index contributed by atoms with van der Waals surface area (Å²) in [7, 11) is 0. The molecule has 0 amide bonds. The van der Waals surface area contributed by atoms with E-state index in [1.54, 1.807) is 0 Å². The van der Waals surface area contributed by atoms with Crippen LogP contribution in [0.5, 0.6) is 11.5 Å². The van der Waals surface area contributed by atoms with Crippen LogP contribution in [0.1, 0.15) is 30.4 Å². The van der Waals surface area contributed by atoms with Gasteiger partial charge in [-0.15, -0.1) is 0 Å². The third kappa shape index (κ3) is 3.58. The molecular weight excluding hydrogens is 260 g/mol. The van der Waals surface area contributed by atoms with Crippen LogP contribution in [0.15, 0.2) is 48.5 Å². The normalized spacial score (nSPS) is 14.5. The van der Waals surface area contributed by atoms with Gasteiger partial charge in [-0.3, -0.25) is 0 Å². The molecule has 1 heterocycles. The maximum Gasteiger partial charge on any atom is 0.134 e. The molecule has 1 aliphatic rings. The SMILES string of the molecule is C1#Cc2ccccc2OCCCCCOc2ccccc21. The fraction of sp³-hybridized carbons (Fsp3) is 0.263. The van der Waals surface area contributed by atoms with Crippen molar-refractivity contribution >= 4 is 0 Å². The standard InChI is InChI=1S/C19H18O2/c1-6-14-20-18-10-4-2-8-16(18)12-13-17-9-3-5-11-19(17)21-15-7-1/h2-5,8-11H,1,6-7,14-15H2.